The Labute approximate surface area is 91.8 Å². The fourth-order valence-electron chi connectivity index (χ4n) is 0.478. The van der Waals surface area contributed by atoms with Crippen LogP contribution in [0.1, 0.15) is 12.5 Å². The van der Waals surface area contributed by atoms with E-state index in [4.69, 9.17) is 0 Å². The summed E-state index contributed by atoms with van der Waals surface area (Å²) >= 11 is 0. The second-order valence-electron chi connectivity index (χ2n) is 2.05. The van der Waals surface area contributed by atoms with Gasteiger partial charge in [0.25, 0.3) is 0 Å². The van der Waals surface area contributed by atoms with Crippen molar-refractivity contribution in [3.8, 4) is 0 Å². The van der Waals surface area contributed by atoms with E-state index in [2.05, 4.69) is 13.8 Å². The van der Waals surface area contributed by atoms with Crippen molar-refractivity contribution in [2.45, 2.75) is 6.92 Å². The molecule has 0 aliphatic carbocycles. The predicted molar refractivity (Wildman–Crippen MR) is 56.8 cm³/mol. The zero-order valence-corrected chi connectivity index (χ0v) is 9.08. The smallest absolute Gasteiger partial charge is 0.245 e. The van der Waals surface area contributed by atoms with Gasteiger partial charge in [0.1, 0.15) is 0 Å². The van der Waals surface area contributed by atoms with E-state index in [0.29, 0.717) is 0 Å². The third-order valence-corrected chi connectivity index (χ3v) is 1.08. The van der Waals surface area contributed by atoms with Crippen molar-refractivity contribution in [2.75, 3.05) is 0 Å². The van der Waals surface area contributed by atoms with Crippen molar-refractivity contribution in [3.63, 3.8) is 0 Å². The molecule has 0 aliphatic heterocycles. The summed E-state index contributed by atoms with van der Waals surface area (Å²) in [5.41, 5.74) is 1.07. The minimum Gasteiger partial charge on any atom is -0.245 e. The van der Waals surface area contributed by atoms with Gasteiger partial charge in [0.05, 0.1) is 0 Å². The summed E-state index contributed by atoms with van der Waals surface area (Å²) in [7, 11) is 0. The molecule has 0 heterocycles. The van der Waals surface area contributed by atoms with Crippen molar-refractivity contribution in [1.82, 2.24) is 0 Å². The van der Waals surface area contributed by atoms with Crippen LogP contribution >= 0.6 is 0 Å². The van der Waals surface area contributed by atoms with Gasteiger partial charge in [-0.15, -0.1) is 19.1 Å². The van der Waals surface area contributed by atoms with Gasteiger partial charge in [0.2, 0.25) is 0 Å². The molecule has 60 valence electrons. The van der Waals surface area contributed by atoms with Gasteiger partial charge in [-0.2, -0.15) is 24.6 Å². The van der Waals surface area contributed by atoms with Gasteiger partial charge in [-0.25, -0.2) is 19.1 Å². The van der Waals surface area contributed by atoms with Gasteiger partial charge in [-0.1, -0.05) is 6.07 Å². The second-order valence-corrected chi connectivity index (χ2v) is 2.05. The maximum atomic E-state index is 3.72. The van der Waals surface area contributed by atoms with Crippen LogP contribution in [0.2, 0.25) is 0 Å². The Bertz CT molecular complexity index is 185. The maximum absolute atomic E-state index is 3.72. The van der Waals surface area contributed by atoms with Crippen molar-refractivity contribution in [1.29, 1.82) is 0 Å². The first-order chi connectivity index (χ1) is 5.31. The Morgan fingerprint density at radius 1 is 1.17 bits per heavy atom. The summed E-state index contributed by atoms with van der Waals surface area (Å²) in [5, 5.41) is 0. The van der Waals surface area contributed by atoms with Gasteiger partial charge < -0.3 is 0 Å². The first kappa shape index (κ1) is 14.0. The van der Waals surface area contributed by atoms with E-state index in [-0.39, 0.29) is 23.1 Å². The third kappa shape index (κ3) is 9.47. The quantitative estimate of drug-likeness (QED) is 0.415. The van der Waals surface area contributed by atoms with E-state index in [1.807, 2.05) is 43.3 Å². The molecule has 0 spiro atoms. The molecule has 0 radical (unpaired) electrons. The molecule has 0 aromatic heterocycles. The van der Waals surface area contributed by atoms with Crippen LogP contribution in [0.4, 0.5) is 0 Å². The molecule has 0 aliphatic rings. The normalized spacial score (nSPS) is 8.08. The van der Waals surface area contributed by atoms with Crippen LogP contribution in [-0.2, 0) is 0 Å². The zero-order valence-electron chi connectivity index (χ0n) is 7.66. The maximum Gasteiger partial charge on any atom is 2.00 e. The van der Waals surface area contributed by atoms with Crippen LogP contribution in [0.3, 0.4) is 0 Å². The van der Waals surface area contributed by atoms with Crippen LogP contribution in [0.15, 0.2) is 42.5 Å². The SMILES string of the molecule is [CH2-]C=CC.[CH2-]c1ccccc1.[Mg+2]. The Morgan fingerprint density at radius 3 is 1.75 bits per heavy atom. The van der Waals surface area contributed by atoms with Gasteiger partial charge in [0, 0.05) is 0 Å². The molecule has 1 aromatic rings. The summed E-state index contributed by atoms with van der Waals surface area (Å²) < 4.78 is 0. The molecule has 0 amide bonds. The van der Waals surface area contributed by atoms with E-state index in [1.165, 1.54) is 0 Å². The molecule has 12 heavy (non-hydrogen) atoms. The predicted octanol–water partition coefficient (Wildman–Crippen LogP) is 2.88. The first-order valence-electron chi connectivity index (χ1n) is 3.58. The molecule has 0 fully saturated rings. The minimum atomic E-state index is 0. The first-order valence-corrected chi connectivity index (χ1v) is 3.58. The topological polar surface area (TPSA) is 0 Å². The van der Waals surface area contributed by atoms with Gasteiger partial charge in [-0.05, 0) is 0 Å². The summed E-state index contributed by atoms with van der Waals surface area (Å²) in [4.78, 5) is 0. The average Bonchev–Trinajstić information content (AvgIpc) is 2.07. The number of rotatable bonds is 0. The third-order valence-electron chi connectivity index (χ3n) is 1.08. The van der Waals surface area contributed by atoms with E-state index in [9.17, 15) is 0 Å². The Balaban J connectivity index is 0. The summed E-state index contributed by atoms with van der Waals surface area (Å²) in [6, 6.07) is 9.87. The average molecular weight is 171 g/mol. The van der Waals surface area contributed by atoms with E-state index in [0.717, 1.165) is 5.56 Å². The molecule has 1 heteroatoms. The van der Waals surface area contributed by atoms with Crippen LogP contribution < -0.4 is 0 Å². The van der Waals surface area contributed by atoms with E-state index < -0.39 is 0 Å². The largest absolute Gasteiger partial charge is 2.00 e. The van der Waals surface area contributed by atoms with Crippen LogP contribution in [-0.4, -0.2) is 23.1 Å². The minimum absolute atomic E-state index is 0. The number of benzene rings is 1. The molecule has 0 saturated carbocycles. The van der Waals surface area contributed by atoms with Crippen molar-refractivity contribution in [3.05, 3.63) is 61.9 Å². The molecule has 1 rings (SSSR count). The molecule has 0 nitrogen and oxygen atoms in total. The molecule has 0 saturated heterocycles. The van der Waals surface area contributed by atoms with Crippen LogP contribution in [0.5, 0.6) is 0 Å². The molecule has 0 bridgehead atoms. The Kier molecular flexibility index (Phi) is 12.2. The molecule has 1 aromatic carbocycles. The Hall–Kier alpha value is -0.534. The summed E-state index contributed by atoms with van der Waals surface area (Å²) in [6.45, 7) is 9.08. The van der Waals surface area contributed by atoms with Gasteiger partial charge >= 0.3 is 23.1 Å². The van der Waals surface area contributed by atoms with Crippen molar-refractivity contribution >= 4 is 23.1 Å². The van der Waals surface area contributed by atoms with Gasteiger partial charge in [-0.3, -0.25) is 0 Å². The number of hydrogen-bond donors (Lipinski definition) is 0. The van der Waals surface area contributed by atoms with E-state index >= 15 is 0 Å². The molecule has 0 atom stereocenters. The summed E-state index contributed by atoms with van der Waals surface area (Å²) in [6.07, 6.45) is 3.64. The number of allylic oxidation sites excluding steroid dienone is 2. The van der Waals surface area contributed by atoms with Crippen LogP contribution in [0, 0.1) is 13.8 Å². The van der Waals surface area contributed by atoms with Crippen molar-refractivity contribution < 1.29 is 0 Å². The molecule has 0 unspecified atom stereocenters. The van der Waals surface area contributed by atoms with Crippen molar-refractivity contribution in [2.24, 2.45) is 0 Å². The zero-order chi connectivity index (χ0) is 8.53. The van der Waals surface area contributed by atoms with E-state index in [1.54, 1.807) is 6.08 Å². The Morgan fingerprint density at radius 2 is 1.58 bits per heavy atom. The summed E-state index contributed by atoms with van der Waals surface area (Å²) in [5.74, 6) is 0. The fraction of sp³-hybridized carbons (Fsp3) is 0.0909. The second kappa shape index (κ2) is 10.5. The number of hydrogen-bond acceptors (Lipinski definition) is 0. The van der Waals surface area contributed by atoms with Crippen LogP contribution in [0.25, 0.3) is 0 Å². The fourth-order valence-corrected chi connectivity index (χ4v) is 0.478. The molecule has 0 N–H and O–H groups in total. The molecular formula is C11H14Mg. The molecular weight excluding hydrogens is 156 g/mol. The monoisotopic (exact) mass is 170 g/mol. The van der Waals surface area contributed by atoms with Gasteiger partial charge in [0.15, 0.2) is 0 Å². The standard InChI is InChI=1S/C7H7.C4H7.Mg/c1-7-5-3-2-4-6-7;1-3-4-2;/h2-6H,1H2;3-4H,1H2,2H3;/q2*-1;+2.